The van der Waals surface area contributed by atoms with Crippen molar-refractivity contribution in [3.63, 3.8) is 0 Å². The second kappa shape index (κ2) is 6.56. The minimum Gasteiger partial charge on any atom is -0.491 e. The third kappa shape index (κ3) is 4.12. The van der Waals surface area contributed by atoms with Crippen LogP contribution in [0.1, 0.15) is 6.92 Å². The number of likely N-dealkylation sites (N-methyl/N-ethyl adjacent to an activating group) is 1. The van der Waals surface area contributed by atoms with Gasteiger partial charge in [0, 0.05) is 16.7 Å². The van der Waals surface area contributed by atoms with Crippen molar-refractivity contribution in [2.24, 2.45) is 0 Å². The number of benzene rings is 1. The van der Waals surface area contributed by atoms with Crippen LogP contribution in [0.3, 0.4) is 0 Å². The molecule has 17 heavy (non-hydrogen) atoms. The Morgan fingerprint density at radius 3 is 2.88 bits per heavy atom. The number of rotatable bonds is 4. The van der Waals surface area contributed by atoms with Crippen LogP contribution in [0.25, 0.3) is 0 Å². The average Bonchev–Trinajstić information content (AvgIpc) is 2.38. The number of hydrogen-bond acceptors (Lipinski definition) is 3. The van der Waals surface area contributed by atoms with Gasteiger partial charge in [-0.15, -0.1) is 0 Å². The largest absolute Gasteiger partial charge is 0.491 e. The Labute approximate surface area is 116 Å². The fraction of sp³-hybridized carbons (Fsp3) is 0.538. The van der Waals surface area contributed by atoms with Crippen LogP contribution in [0.15, 0.2) is 24.3 Å². The van der Waals surface area contributed by atoms with Gasteiger partial charge < -0.3 is 9.47 Å². The number of hydrogen-bond donors (Lipinski definition) is 0. The Morgan fingerprint density at radius 2 is 2.18 bits per heavy atom. The van der Waals surface area contributed by atoms with E-state index in [1.54, 1.807) is 0 Å². The van der Waals surface area contributed by atoms with Crippen LogP contribution in [0.2, 0.25) is 0 Å². The monoisotopic (exact) mass is 347 g/mol. The zero-order chi connectivity index (χ0) is 12.1. The van der Waals surface area contributed by atoms with Gasteiger partial charge in [0.25, 0.3) is 0 Å². The molecule has 0 aromatic heterocycles. The molecule has 1 unspecified atom stereocenters. The van der Waals surface area contributed by atoms with Gasteiger partial charge in [-0.1, -0.05) is 6.92 Å². The van der Waals surface area contributed by atoms with E-state index in [4.69, 9.17) is 9.47 Å². The van der Waals surface area contributed by atoms with Crippen molar-refractivity contribution in [3.8, 4) is 5.75 Å². The lowest BCUT2D eigenvalue weighted by molar-refractivity contribution is -0.0464. The van der Waals surface area contributed by atoms with Gasteiger partial charge in [0.15, 0.2) is 0 Å². The number of halogens is 1. The summed E-state index contributed by atoms with van der Waals surface area (Å²) >= 11 is 2.29. The van der Waals surface area contributed by atoms with E-state index in [-0.39, 0.29) is 6.10 Å². The van der Waals surface area contributed by atoms with E-state index < -0.39 is 0 Å². The molecular formula is C13H18INO2. The van der Waals surface area contributed by atoms with Crippen LogP contribution in [-0.4, -0.2) is 43.9 Å². The molecule has 0 aliphatic carbocycles. The number of morpholine rings is 1. The molecule has 1 aromatic rings. The first-order valence-corrected chi connectivity index (χ1v) is 7.08. The summed E-state index contributed by atoms with van der Waals surface area (Å²) < 4.78 is 12.6. The molecule has 1 atom stereocenters. The van der Waals surface area contributed by atoms with Crippen LogP contribution in [0.4, 0.5) is 0 Å². The molecule has 1 aromatic carbocycles. The fourth-order valence-electron chi connectivity index (χ4n) is 1.89. The summed E-state index contributed by atoms with van der Waals surface area (Å²) in [5.74, 6) is 0.919. The first-order chi connectivity index (χ1) is 8.28. The van der Waals surface area contributed by atoms with Gasteiger partial charge in [0.1, 0.15) is 18.5 Å². The highest BCUT2D eigenvalue weighted by atomic mass is 127. The van der Waals surface area contributed by atoms with Crippen molar-refractivity contribution in [1.82, 2.24) is 4.90 Å². The first kappa shape index (κ1) is 13.1. The van der Waals surface area contributed by atoms with Crippen LogP contribution < -0.4 is 4.74 Å². The van der Waals surface area contributed by atoms with Crippen molar-refractivity contribution in [2.75, 3.05) is 32.8 Å². The SMILES string of the molecule is CCN1CCOC(COc2ccc(I)cc2)C1. The van der Waals surface area contributed by atoms with Crippen LogP contribution in [-0.2, 0) is 4.74 Å². The lowest BCUT2D eigenvalue weighted by Crippen LogP contribution is -2.44. The third-order valence-corrected chi connectivity index (χ3v) is 3.64. The minimum atomic E-state index is 0.197. The molecule has 94 valence electrons. The van der Waals surface area contributed by atoms with E-state index in [0.29, 0.717) is 6.61 Å². The zero-order valence-corrected chi connectivity index (χ0v) is 12.2. The molecule has 4 heteroatoms. The molecule has 1 heterocycles. The van der Waals surface area contributed by atoms with Gasteiger partial charge in [0.05, 0.1) is 6.61 Å². The summed E-state index contributed by atoms with van der Waals surface area (Å²) in [5.41, 5.74) is 0. The van der Waals surface area contributed by atoms with Gasteiger partial charge in [-0.05, 0) is 53.4 Å². The molecule has 0 spiro atoms. The van der Waals surface area contributed by atoms with Crippen LogP contribution >= 0.6 is 22.6 Å². The van der Waals surface area contributed by atoms with Crippen LogP contribution in [0.5, 0.6) is 5.75 Å². The average molecular weight is 347 g/mol. The summed E-state index contributed by atoms with van der Waals surface area (Å²) in [4.78, 5) is 2.39. The fourth-order valence-corrected chi connectivity index (χ4v) is 2.25. The van der Waals surface area contributed by atoms with E-state index in [2.05, 4.69) is 46.5 Å². The first-order valence-electron chi connectivity index (χ1n) is 6.00. The van der Waals surface area contributed by atoms with Crippen molar-refractivity contribution in [2.45, 2.75) is 13.0 Å². The van der Waals surface area contributed by atoms with E-state index in [1.807, 2.05) is 12.1 Å². The Morgan fingerprint density at radius 1 is 1.41 bits per heavy atom. The van der Waals surface area contributed by atoms with E-state index in [9.17, 15) is 0 Å². The number of ether oxygens (including phenoxy) is 2. The van der Waals surface area contributed by atoms with Crippen molar-refractivity contribution < 1.29 is 9.47 Å². The topological polar surface area (TPSA) is 21.7 Å². The molecule has 1 aliphatic rings. The maximum atomic E-state index is 5.74. The standard InChI is InChI=1S/C13H18INO2/c1-2-15-7-8-16-13(9-15)10-17-12-5-3-11(14)4-6-12/h3-6,13H,2,7-10H2,1H3. The Kier molecular flexibility index (Phi) is 5.06. The Hall–Kier alpha value is -0.330. The number of nitrogens with zero attached hydrogens (tertiary/aromatic N) is 1. The molecule has 0 saturated carbocycles. The van der Waals surface area contributed by atoms with Gasteiger partial charge in [0.2, 0.25) is 0 Å². The molecule has 0 radical (unpaired) electrons. The lowest BCUT2D eigenvalue weighted by atomic mass is 10.3. The minimum absolute atomic E-state index is 0.197. The maximum absolute atomic E-state index is 5.74. The van der Waals surface area contributed by atoms with Crippen molar-refractivity contribution >= 4 is 22.6 Å². The summed E-state index contributed by atoms with van der Waals surface area (Å²) in [6, 6.07) is 8.11. The second-order valence-electron chi connectivity index (χ2n) is 4.15. The molecule has 0 N–H and O–H groups in total. The molecule has 1 fully saturated rings. The highest BCUT2D eigenvalue weighted by Crippen LogP contribution is 2.14. The predicted molar refractivity (Wildman–Crippen MR) is 76.5 cm³/mol. The zero-order valence-electron chi connectivity index (χ0n) is 10.1. The van der Waals surface area contributed by atoms with Gasteiger partial charge in [-0.3, -0.25) is 4.90 Å². The van der Waals surface area contributed by atoms with Crippen LogP contribution in [0, 0.1) is 3.57 Å². The van der Waals surface area contributed by atoms with Crippen molar-refractivity contribution in [1.29, 1.82) is 0 Å². The molecule has 2 rings (SSSR count). The summed E-state index contributed by atoms with van der Waals surface area (Å²) in [5, 5.41) is 0. The Bertz CT molecular complexity index is 342. The van der Waals surface area contributed by atoms with Gasteiger partial charge in [-0.2, -0.15) is 0 Å². The van der Waals surface area contributed by atoms with E-state index >= 15 is 0 Å². The highest BCUT2D eigenvalue weighted by Gasteiger charge is 2.19. The van der Waals surface area contributed by atoms with Crippen molar-refractivity contribution in [3.05, 3.63) is 27.8 Å². The smallest absolute Gasteiger partial charge is 0.119 e. The van der Waals surface area contributed by atoms with Gasteiger partial charge in [-0.25, -0.2) is 0 Å². The quantitative estimate of drug-likeness (QED) is 0.781. The van der Waals surface area contributed by atoms with E-state index in [1.165, 1.54) is 3.57 Å². The predicted octanol–water partition coefficient (Wildman–Crippen LogP) is 2.39. The molecular weight excluding hydrogens is 329 g/mol. The normalized spacial score (nSPS) is 21.4. The Balaban J connectivity index is 1.79. The van der Waals surface area contributed by atoms with E-state index in [0.717, 1.165) is 32.0 Å². The highest BCUT2D eigenvalue weighted by molar-refractivity contribution is 14.1. The summed E-state index contributed by atoms with van der Waals surface area (Å²) in [7, 11) is 0. The molecule has 1 saturated heterocycles. The second-order valence-corrected chi connectivity index (χ2v) is 5.40. The molecule has 1 aliphatic heterocycles. The maximum Gasteiger partial charge on any atom is 0.119 e. The molecule has 3 nitrogen and oxygen atoms in total. The van der Waals surface area contributed by atoms with Gasteiger partial charge >= 0.3 is 0 Å². The third-order valence-electron chi connectivity index (χ3n) is 2.92. The lowest BCUT2D eigenvalue weighted by Gasteiger charge is -2.31. The molecule has 0 bridgehead atoms. The summed E-state index contributed by atoms with van der Waals surface area (Å²) in [6.45, 7) is 6.73. The molecule has 0 amide bonds. The summed E-state index contributed by atoms with van der Waals surface area (Å²) in [6.07, 6.45) is 0.197.